The highest BCUT2D eigenvalue weighted by Gasteiger charge is 2.30. The van der Waals surface area contributed by atoms with Gasteiger partial charge in [-0.2, -0.15) is 0 Å². The van der Waals surface area contributed by atoms with Gasteiger partial charge in [-0.3, -0.25) is 4.79 Å². The Bertz CT molecular complexity index is 494. The van der Waals surface area contributed by atoms with Gasteiger partial charge in [-0.1, -0.05) is 19.9 Å². The highest BCUT2D eigenvalue weighted by Crippen LogP contribution is 2.35. The second-order valence-corrected chi connectivity index (χ2v) is 6.07. The summed E-state index contributed by atoms with van der Waals surface area (Å²) in [6, 6.07) is 5.77. The molecule has 0 atom stereocenters. The average molecular weight is 376 g/mol. The second-order valence-electron chi connectivity index (χ2n) is 4.82. The van der Waals surface area contributed by atoms with Crippen LogP contribution in [0.25, 0.3) is 0 Å². The van der Waals surface area contributed by atoms with Crippen molar-refractivity contribution in [3.8, 4) is 5.75 Å². The number of halogens is 1. The van der Waals surface area contributed by atoms with E-state index in [9.17, 15) is 9.59 Å². The number of hydrogen-bond donors (Lipinski definition) is 0. The van der Waals surface area contributed by atoms with E-state index in [4.69, 9.17) is 4.74 Å². The molecule has 5 heteroatoms. The molecule has 0 bridgehead atoms. The van der Waals surface area contributed by atoms with Crippen molar-refractivity contribution >= 4 is 34.3 Å². The first kappa shape index (κ1) is 15.9. The minimum Gasteiger partial charge on any atom is -0.496 e. The van der Waals surface area contributed by atoms with Gasteiger partial charge < -0.3 is 9.47 Å². The van der Waals surface area contributed by atoms with E-state index in [1.807, 2.05) is 32.0 Å². The Morgan fingerprint density at radius 1 is 1.26 bits per heavy atom. The maximum Gasteiger partial charge on any atom is 0.374 e. The largest absolute Gasteiger partial charge is 0.496 e. The zero-order valence-electron chi connectivity index (χ0n) is 11.5. The molecule has 0 aromatic heterocycles. The number of hydrogen-bond acceptors (Lipinski definition) is 4. The number of ether oxygens (including phenoxy) is 2. The molecule has 0 spiro atoms. The van der Waals surface area contributed by atoms with E-state index in [2.05, 4.69) is 27.3 Å². The van der Waals surface area contributed by atoms with E-state index >= 15 is 0 Å². The van der Waals surface area contributed by atoms with E-state index in [-0.39, 0.29) is 6.42 Å². The third kappa shape index (κ3) is 3.92. The van der Waals surface area contributed by atoms with Gasteiger partial charge >= 0.3 is 5.97 Å². The third-order valence-electron chi connectivity index (χ3n) is 2.91. The summed E-state index contributed by atoms with van der Waals surface area (Å²) in [6.45, 7) is 3.80. The molecule has 4 nitrogen and oxygen atoms in total. The minimum atomic E-state index is -0.808. The van der Waals surface area contributed by atoms with Gasteiger partial charge in [-0.25, -0.2) is 4.79 Å². The fourth-order valence-electron chi connectivity index (χ4n) is 1.91. The Balaban J connectivity index is 3.06. The normalized spacial score (nSPS) is 11.0. The van der Waals surface area contributed by atoms with Crippen LogP contribution in [0.15, 0.2) is 18.2 Å². The molecule has 0 radical (unpaired) electrons. The van der Waals surface area contributed by atoms with Crippen molar-refractivity contribution in [2.75, 3.05) is 14.2 Å². The predicted molar refractivity (Wildman–Crippen MR) is 80.4 cm³/mol. The summed E-state index contributed by atoms with van der Waals surface area (Å²) >= 11 is 2.19. The van der Waals surface area contributed by atoms with Crippen LogP contribution >= 0.6 is 22.6 Å². The molecule has 1 aromatic rings. The lowest BCUT2D eigenvalue weighted by molar-refractivity contribution is -0.152. The van der Waals surface area contributed by atoms with Gasteiger partial charge in [-0.15, -0.1) is 0 Å². The molecule has 0 amide bonds. The highest BCUT2D eigenvalue weighted by atomic mass is 127. The van der Waals surface area contributed by atoms with Crippen molar-refractivity contribution in [1.82, 2.24) is 0 Å². The van der Waals surface area contributed by atoms with Gasteiger partial charge in [0, 0.05) is 21.0 Å². The quantitative estimate of drug-likeness (QED) is 0.451. The van der Waals surface area contributed by atoms with Gasteiger partial charge in [0.05, 0.1) is 14.2 Å². The number of benzene rings is 1. The number of methoxy groups -OCH3 is 2. The number of Topliss-reactive ketones (excluding diaryl/α,β-unsaturated/α-hetero) is 1. The van der Waals surface area contributed by atoms with Crippen molar-refractivity contribution in [2.24, 2.45) is 0 Å². The van der Waals surface area contributed by atoms with Crippen molar-refractivity contribution in [3.05, 3.63) is 27.3 Å². The first-order chi connectivity index (χ1) is 8.81. The molecule has 1 rings (SSSR count). The molecule has 0 unspecified atom stereocenters. The topological polar surface area (TPSA) is 52.6 Å². The summed E-state index contributed by atoms with van der Waals surface area (Å²) in [4.78, 5) is 22.9. The molecule has 0 aliphatic rings. The molecule has 104 valence electrons. The summed E-state index contributed by atoms with van der Waals surface area (Å²) in [5, 5.41) is 0. The van der Waals surface area contributed by atoms with E-state index < -0.39 is 17.2 Å². The molecule has 0 N–H and O–H groups in total. The molecule has 0 aliphatic heterocycles. The van der Waals surface area contributed by atoms with Gasteiger partial charge in [0.15, 0.2) is 0 Å². The number of carbonyl (C=O) groups excluding carboxylic acids is 2. The van der Waals surface area contributed by atoms with Crippen LogP contribution in [0.5, 0.6) is 5.75 Å². The van der Waals surface area contributed by atoms with Crippen LogP contribution in [-0.4, -0.2) is 26.0 Å². The van der Waals surface area contributed by atoms with Crippen LogP contribution < -0.4 is 4.74 Å². The van der Waals surface area contributed by atoms with Crippen molar-refractivity contribution in [3.63, 3.8) is 0 Å². The summed E-state index contributed by atoms with van der Waals surface area (Å²) in [5.74, 6) is -0.625. The first-order valence-corrected chi connectivity index (χ1v) is 6.85. The molecule has 0 fully saturated rings. The Labute approximate surface area is 126 Å². The molecular formula is C14H17IO4. The second kappa shape index (κ2) is 6.36. The number of carbonyl (C=O) groups is 2. The summed E-state index contributed by atoms with van der Waals surface area (Å²) < 4.78 is 10.8. The molecule has 1 aromatic carbocycles. The van der Waals surface area contributed by atoms with Gasteiger partial charge in [-0.05, 0) is 34.7 Å². The van der Waals surface area contributed by atoms with E-state index in [1.54, 1.807) is 7.11 Å². The highest BCUT2D eigenvalue weighted by molar-refractivity contribution is 14.1. The molecule has 0 heterocycles. The predicted octanol–water partition coefficient (Wildman–Crippen LogP) is 2.71. The fourth-order valence-corrected chi connectivity index (χ4v) is 2.37. The zero-order valence-corrected chi connectivity index (χ0v) is 13.6. The molecule has 0 aliphatic carbocycles. The van der Waals surface area contributed by atoms with Crippen LogP contribution in [0.2, 0.25) is 0 Å². The molecule has 19 heavy (non-hydrogen) atoms. The van der Waals surface area contributed by atoms with Gasteiger partial charge in [0.2, 0.25) is 5.78 Å². The number of ketones is 1. The van der Waals surface area contributed by atoms with Crippen LogP contribution in [0, 0.1) is 3.57 Å². The lowest BCUT2D eigenvalue weighted by atomic mass is 9.79. The Morgan fingerprint density at radius 2 is 1.89 bits per heavy atom. The minimum absolute atomic E-state index is 0.0800. The Hall–Kier alpha value is -1.11. The smallest absolute Gasteiger partial charge is 0.374 e. The molecule has 0 saturated carbocycles. The number of rotatable bonds is 5. The van der Waals surface area contributed by atoms with Crippen LogP contribution in [0.4, 0.5) is 0 Å². The first-order valence-electron chi connectivity index (χ1n) is 5.77. The SMILES string of the molecule is COC(=O)C(=O)CC(C)(C)c1ccc(I)cc1OC. The van der Waals surface area contributed by atoms with E-state index in [1.165, 1.54) is 7.11 Å². The van der Waals surface area contributed by atoms with Crippen LogP contribution in [-0.2, 0) is 19.7 Å². The van der Waals surface area contributed by atoms with Crippen LogP contribution in [0.1, 0.15) is 25.8 Å². The maximum atomic E-state index is 11.7. The summed E-state index contributed by atoms with van der Waals surface area (Å²) in [7, 11) is 2.80. The lowest BCUT2D eigenvalue weighted by Gasteiger charge is -2.26. The van der Waals surface area contributed by atoms with Crippen LogP contribution in [0.3, 0.4) is 0 Å². The number of esters is 1. The van der Waals surface area contributed by atoms with E-state index in [0.717, 1.165) is 14.9 Å². The van der Waals surface area contributed by atoms with Gasteiger partial charge in [0.1, 0.15) is 5.75 Å². The Kier molecular flexibility index (Phi) is 5.34. The third-order valence-corrected chi connectivity index (χ3v) is 3.58. The monoisotopic (exact) mass is 376 g/mol. The zero-order chi connectivity index (χ0) is 14.6. The van der Waals surface area contributed by atoms with Gasteiger partial charge in [0.25, 0.3) is 0 Å². The molecule has 0 saturated heterocycles. The standard InChI is InChI=1S/C14H17IO4/c1-14(2,8-11(16)13(17)19-4)10-6-5-9(15)7-12(10)18-3/h5-7H,8H2,1-4H3. The lowest BCUT2D eigenvalue weighted by Crippen LogP contribution is -2.27. The van der Waals surface area contributed by atoms with Crippen molar-refractivity contribution in [1.29, 1.82) is 0 Å². The van der Waals surface area contributed by atoms with Crippen molar-refractivity contribution < 1.29 is 19.1 Å². The average Bonchev–Trinajstić information content (AvgIpc) is 2.36. The maximum absolute atomic E-state index is 11.7. The summed E-state index contributed by atoms with van der Waals surface area (Å²) in [5.41, 5.74) is 0.397. The van der Waals surface area contributed by atoms with Crippen molar-refractivity contribution in [2.45, 2.75) is 25.7 Å². The Morgan fingerprint density at radius 3 is 2.42 bits per heavy atom. The molecular weight excluding hydrogens is 359 g/mol. The fraction of sp³-hybridized carbons (Fsp3) is 0.429. The van der Waals surface area contributed by atoms with E-state index in [0.29, 0.717) is 0 Å². The summed E-state index contributed by atoms with van der Waals surface area (Å²) in [6.07, 6.45) is 0.0800.